The van der Waals surface area contributed by atoms with E-state index in [-0.39, 0.29) is 11.9 Å². The average molecular weight is 259 g/mol. The molecule has 102 valence electrons. The number of nitrogens with zero attached hydrogens (tertiary/aromatic N) is 1. The number of amides is 1. The lowest BCUT2D eigenvalue weighted by molar-refractivity contribution is -0.119. The Labute approximate surface area is 114 Å². The molecule has 1 fully saturated rings. The molecule has 0 spiro atoms. The molecule has 0 bridgehead atoms. The van der Waals surface area contributed by atoms with Gasteiger partial charge in [-0.25, -0.2) is 0 Å². The number of fused-ring (bicyclic) bond motifs is 1. The molecule has 4 heteroatoms. The standard InChI is InChI=1S/C15H21N3O/c16-13-5-3-9-18(10-15(19)17-11-7-8-11)14-6-2-1-4-12(13)14/h1-2,4,6,11,13H,3,5,7-10,16H2,(H,17,19). The first-order valence-electron chi connectivity index (χ1n) is 7.13. The van der Waals surface area contributed by atoms with Gasteiger partial charge in [0.15, 0.2) is 0 Å². The SMILES string of the molecule is NC1CCCN(CC(=O)NC2CC2)c2ccccc21. The van der Waals surface area contributed by atoms with Crippen molar-refractivity contribution in [3.63, 3.8) is 0 Å². The van der Waals surface area contributed by atoms with Crippen LogP contribution >= 0.6 is 0 Å². The minimum absolute atomic E-state index is 0.0905. The van der Waals surface area contributed by atoms with Crippen molar-refractivity contribution < 1.29 is 4.79 Å². The molecular formula is C15H21N3O. The van der Waals surface area contributed by atoms with Crippen LogP contribution in [0.15, 0.2) is 24.3 Å². The van der Waals surface area contributed by atoms with Crippen molar-refractivity contribution in [3.8, 4) is 0 Å². The van der Waals surface area contributed by atoms with Gasteiger partial charge in [-0.15, -0.1) is 0 Å². The largest absolute Gasteiger partial charge is 0.362 e. The predicted molar refractivity (Wildman–Crippen MR) is 76.0 cm³/mol. The second-order valence-electron chi connectivity index (χ2n) is 5.57. The van der Waals surface area contributed by atoms with Crippen LogP contribution in [0.5, 0.6) is 0 Å². The zero-order chi connectivity index (χ0) is 13.2. The topological polar surface area (TPSA) is 58.4 Å². The van der Waals surface area contributed by atoms with Crippen molar-refractivity contribution >= 4 is 11.6 Å². The molecule has 1 amide bonds. The van der Waals surface area contributed by atoms with Crippen molar-refractivity contribution in [2.75, 3.05) is 18.0 Å². The van der Waals surface area contributed by atoms with Crippen LogP contribution in [-0.2, 0) is 4.79 Å². The third kappa shape index (κ3) is 2.89. The smallest absolute Gasteiger partial charge is 0.239 e. The van der Waals surface area contributed by atoms with E-state index < -0.39 is 0 Å². The summed E-state index contributed by atoms with van der Waals surface area (Å²) in [6.07, 6.45) is 4.28. The number of hydrogen-bond donors (Lipinski definition) is 2. The third-order valence-electron chi connectivity index (χ3n) is 3.90. The molecule has 1 saturated carbocycles. The lowest BCUT2D eigenvalue weighted by atomic mass is 10.0. The lowest BCUT2D eigenvalue weighted by Crippen LogP contribution is -2.38. The zero-order valence-corrected chi connectivity index (χ0v) is 11.1. The minimum Gasteiger partial charge on any atom is -0.362 e. The summed E-state index contributed by atoms with van der Waals surface area (Å²) in [5.74, 6) is 0.132. The fourth-order valence-electron chi connectivity index (χ4n) is 2.71. The maximum atomic E-state index is 12.0. The molecule has 3 N–H and O–H groups in total. The second kappa shape index (κ2) is 5.21. The molecule has 1 unspecified atom stereocenters. The van der Waals surface area contributed by atoms with Crippen LogP contribution in [0, 0.1) is 0 Å². The Morgan fingerprint density at radius 1 is 1.32 bits per heavy atom. The summed E-state index contributed by atoms with van der Waals surface area (Å²) >= 11 is 0. The van der Waals surface area contributed by atoms with Gasteiger partial charge in [-0.2, -0.15) is 0 Å². The Bertz CT molecular complexity index is 470. The Hall–Kier alpha value is -1.55. The molecule has 2 aliphatic rings. The second-order valence-corrected chi connectivity index (χ2v) is 5.57. The Balaban J connectivity index is 1.76. The number of anilines is 1. The summed E-state index contributed by atoms with van der Waals surface area (Å²) < 4.78 is 0. The summed E-state index contributed by atoms with van der Waals surface area (Å²) in [7, 11) is 0. The number of para-hydroxylation sites is 1. The Morgan fingerprint density at radius 3 is 2.89 bits per heavy atom. The van der Waals surface area contributed by atoms with Gasteiger partial charge in [0.05, 0.1) is 6.54 Å². The van der Waals surface area contributed by atoms with Gasteiger partial charge in [0.1, 0.15) is 0 Å². The molecule has 3 rings (SSSR count). The van der Waals surface area contributed by atoms with E-state index in [2.05, 4.69) is 22.3 Å². The van der Waals surface area contributed by atoms with E-state index in [9.17, 15) is 4.79 Å². The maximum Gasteiger partial charge on any atom is 0.239 e. The first-order valence-corrected chi connectivity index (χ1v) is 7.13. The number of hydrogen-bond acceptors (Lipinski definition) is 3. The summed E-state index contributed by atoms with van der Waals surface area (Å²) in [5, 5.41) is 3.05. The predicted octanol–water partition coefficient (Wildman–Crippen LogP) is 1.57. The molecule has 1 aliphatic carbocycles. The summed E-state index contributed by atoms with van der Waals surface area (Å²) in [6, 6.07) is 8.71. The van der Waals surface area contributed by atoms with Crippen LogP contribution in [0.2, 0.25) is 0 Å². The van der Waals surface area contributed by atoms with Crippen molar-refractivity contribution in [3.05, 3.63) is 29.8 Å². The lowest BCUT2D eigenvalue weighted by Gasteiger charge is -2.24. The van der Waals surface area contributed by atoms with Crippen molar-refractivity contribution in [2.24, 2.45) is 5.73 Å². The average Bonchev–Trinajstić information content (AvgIpc) is 3.21. The van der Waals surface area contributed by atoms with Gasteiger partial charge in [-0.05, 0) is 37.3 Å². The highest BCUT2D eigenvalue weighted by Gasteiger charge is 2.26. The quantitative estimate of drug-likeness (QED) is 0.866. The van der Waals surface area contributed by atoms with Crippen LogP contribution in [0.1, 0.15) is 37.3 Å². The first-order chi connectivity index (χ1) is 9.24. The summed E-state index contributed by atoms with van der Waals surface area (Å²) in [6.45, 7) is 1.35. The van der Waals surface area contributed by atoms with Gasteiger partial charge in [0.2, 0.25) is 5.91 Å². The van der Waals surface area contributed by atoms with Crippen LogP contribution in [0.3, 0.4) is 0 Å². The number of carbonyl (C=O) groups is 1. The van der Waals surface area contributed by atoms with Gasteiger partial charge in [-0.3, -0.25) is 4.79 Å². The molecule has 0 saturated heterocycles. The van der Waals surface area contributed by atoms with E-state index in [4.69, 9.17) is 5.73 Å². The fraction of sp³-hybridized carbons (Fsp3) is 0.533. The zero-order valence-electron chi connectivity index (χ0n) is 11.1. The highest BCUT2D eigenvalue weighted by atomic mass is 16.2. The number of rotatable bonds is 3. The van der Waals surface area contributed by atoms with Gasteiger partial charge < -0.3 is 16.0 Å². The Kier molecular flexibility index (Phi) is 3.42. The summed E-state index contributed by atoms with van der Waals surface area (Å²) in [4.78, 5) is 14.1. The van der Waals surface area contributed by atoms with Crippen molar-refractivity contribution in [1.29, 1.82) is 0 Å². The van der Waals surface area contributed by atoms with Crippen LogP contribution in [0.4, 0.5) is 5.69 Å². The van der Waals surface area contributed by atoms with E-state index >= 15 is 0 Å². The molecular weight excluding hydrogens is 238 g/mol. The molecule has 1 aliphatic heterocycles. The van der Waals surface area contributed by atoms with E-state index in [1.54, 1.807) is 0 Å². The number of nitrogens with one attached hydrogen (secondary N) is 1. The molecule has 0 radical (unpaired) electrons. The monoisotopic (exact) mass is 259 g/mol. The first kappa shape index (κ1) is 12.5. The third-order valence-corrected chi connectivity index (χ3v) is 3.90. The molecule has 0 aromatic heterocycles. The molecule has 1 aromatic rings. The highest BCUT2D eigenvalue weighted by molar-refractivity contribution is 5.82. The van der Waals surface area contributed by atoms with Crippen LogP contribution < -0.4 is 16.0 Å². The fourth-order valence-corrected chi connectivity index (χ4v) is 2.71. The number of carbonyl (C=O) groups excluding carboxylic acids is 1. The van der Waals surface area contributed by atoms with Crippen molar-refractivity contribution in [2.45, 2.75) is 37.8 Å². The maximum absolute atomic E-state index is 12.0. The van der Waals surface area contributed by atoms with Gasteiger partial charge in [-0.1, -0.05) is 18.2 Å². The van der Waals surface area contributed by atoms with Crippen LogP contribution in [-0.4, -0.2) is 25.0 Å². The molecule has 19 heavy (non-hydrogen) atoms. The van der Waals surface area contributed by atoms with Gasteiger partial charge >= 0.3 is 0 Å². The molecule has 1 heterocycles. The van der Waals surface area contributed by atoms with Crippen LogP contribution in [0.25, 0.3) is 0 Å². The molecule has 1 aromatic carbocycles. The molecule has 4 nitrogen and oxygen atoms in total. The highest BCUT2D eigenvalue weighted by Crippen LogP contribution is 2.31. The summed E-state index contributed by atoms with van der Waals surface area (Å²) in [5.41, 5.74) is 8.49. The van der Waals surface area contributed by atoms with Crippen molar-refractivity contribution in [1.82, 2.24) is 5.32 Å². The Morgan fingerprint density at radius 2 is 2.11 bits per heavy atom. The normalized spacial score (nSPS) is 22.6. The van der Waals surface area contributed by atoms with E-state index in [0.717, 1.165) is 37.9 Å². The van der Waals surface area contributed by atoms with Gasteiger partial charge in [0, 0.05) is 24.3 Å². The van der Waals surface area contributed by atoms with E-state index in [0.29, 0.717) is 12.6 Å². The molecule has 1 atom stereocenters. The van der Waals surface area contributed by atoms with E-state index in [1.807, 2.05) is 12.1 Å². The van der Waals surface area contributed by atoms with E-state index in [1.165, 1.54) is 5.56 Å². The van der Waals surface area contributed by atoms with Gasteiger partial charge in [0.25, 0.3) is 0 Å². The number of nitrogens with two attached hydrogens (primary N) is 1. The number of benzene rings is 1. The minimum atomic E-state index is 0.0905.